The molecule has 2 atom stereocenters. The standard InChI is InChI=1S/C15H22O5S/c1-11(6-8-20-14(17)10-21)15(18)12-4-2-3-5-13(12)19-9-7-16/h2-5,11,15-16,18,21H,6-10H2,1H3/t11-,15-/m1/s1. The molecule has 21 heavy (non-hydrogen) atoms. The van der Waals surface area contributed by atoms with Crippen LogP contribution >= 0.6 is 12.6 Å². The number of hydrogen-bond acceptors (Lipinski definition) is 6. The number of rotatable bonds is 9. The summed E-state index contributed by atoms with van der Waals surface area (Å²) < 4.78 is 10.4. The van der Waals surface area contributed by atoms with Gasteiger partial charge in [-0.1, -0.05) is 25.1 Å². The Labute approximate surface area is 130 Å². The molecular formula is C15H22O5S. The molecule has 0 spiro atoms. The Kier molecular flexibility index (Phi) is 8.19. The Morgan fingerprint density at radius 3 is 2.71 bits per heavy atom. The van der Waals surface area contributed by atoms with Crippen LogP contribution in [0.3, 0.4) is 0 Å². The number of esters is 1. The van der Waals surface area contributed by atoms with Gasteiger partial charge in [-0.05, 0) is 18.4 Å². The van der Waals surface area contributed by atoms with E-state index in [4.69, 9.17) is 14.6 Å². The van der Waals surface area contributed by atoms with E-state index in [0.29, 0.717) is 17.7 Å². The molecule has 0 aliphatic heterocycles. The van der Waals surface area contributed by atoms with Crippen LogP contribution in [-0.2, 0) is 9.53 Å². The minimum absolute atomic E-state index is 0.0504. The van der Waals surface area contributed by atoms with Crippen molar-refractivity contribution < 1.29 is 24.5 Å². The van der Waals surface area contributed by atoms with E-state index >= 15 is 0 Å². The van der Waals surface area contributed by atoms with Crippen LogP contribution in [0.5, 0.6) is 5.75 Å². The number of thiol groups is 1. The molecule has 0 aromatic heterocycles. The zero-order valence-corrected chi connectivity index (χ0v) is 13.0. The van der Waals surface area contributed by atoms with Gasteiger partial charge < -0.3 is 19.7 Å². The van der Waals surface area contributed by atoms with Gasteiger partial charge in [0.25, 0.3) is 0 Å². The number of carbonyl (C=O) groups excluding carboxylic acids is 1. The van der Waals surface area contributed by atoms with Crippen LogP contribution in [0.25, 0.3) is 0 Å². The normalized spacial score (nSPS) is 13.5. The summed E-state index contributed by atoms with van der Waals surface area (Å²) in [5.74, 6) is 0.135. The third-order valence-corrected chi connectivity index (χ3v) is 3.35. The molecule has 0 heterocycles. The molecule has 0 bridgehead atoms. The molecule has 2 N–H and O–H groups in total. The van der Waals surface area contributed by atoms with Crippen LogP contribution < -0.4 is 4.74 Å². The number of benzene rings is 1. The monoisotopic (exact) mass is 314 g/mol. The van der Waals surface area contributed by atoms with E-state index in [9.17, 15) is 9.90 Å². The maximum Gasteiger partial charge on any atom is 0.315 e. The first-order valence-corrected chi connectivity index (χ1v) is 7.50. The fourth-order valence-corrected chi connectivity index (χ4v) is 1.97. The summed E-state index contributed by atoms with van der Waals surface area (Å²) in [5.41, 5.74) is 0.666. The Hall–Kier alpha value is -1.24. The van der Waals surface area contributed by atoms with E-state index < -0.39 is 6.10 Å². The third kappa shape index (κ3) is 5.95. The summed E-state index contributed by atoms with van der Waals surface area (Å²) in [7, 11) is 0. The van der Waals surface area contributed by atoms with Gasteiger partial charge in [-0.2, -0.15) is 12.6 Å². The highest BCUT2D eigenvalue weighted by atomic mass is 32.1. The lowest BCUT2D eigenvalue weighted by atomic mass is 9.94. The van der Waals surface area contributed by atoms with E-state index in [1.54, 1.807) is 12.1 Å². The van der Waals surface area contributed by atoms with Crippen LogP contribution in [0.15, 0.2) is 24.3 Å². The Morgan fingerprint density at radius 1 is 1.33 bits per heavy atom. The lowest BCUT2D eigenvalue weighted by molar-refractivity contribution is -0.141. The lowest BCUT2D eigenvalue weighted by Gasteiger charge is -2.21. The highest BCUT2D eigenvalue weighted by Gasteiger charge is 2.20. The van der Waals surface area contributed by atoms with Gasteiger partial charge in [0.1, 0.15) is 12.4 Å². The maximum absolute atomic E-state index is 11.0. The summed E-state index contributed by atoms with van der Waals surface area (Å²) in [6.07, 6.45) is -0.191. The summed E-state index contributed by atoms with van der Waals surface area (Å²) in [6.45, 7) is 2.22. The molecule has 0 amide bonds. The summed E-state index contributed by atoms with van der Waals surface area (Å²) in [5, 5.41) is 19.2. The number of aliphatic hydroxyl groups excluding tert-OH is 2. The van der Waals surface area contributed by atoms with Crippen molar-refractivity contribution in [3.8, 4) is 5.75 Å². The Balaban J connectivity index is 2.60. The maximum atomic E-state index is 11.0. The van der Waals surface area contributed by atoms with E-state index in [0.717, 1.165) is 0 Å². The molecule has 5 nitrogen and oxygen atoms in total. The molecule has 6 heteroatoms. The number of para-hydroxylation sites is 1. The topological polar surface area (TPSA) is 76.0 Å². The summed E-state index contributed by atoms with van der Waals surface area (Å²) in [4.78, 5) is 11.0. The third-order valence-electron chi connectivity index (χ3n) is 3.09. The highest BCUT2D eigenvalue weighted by Crippen LogP contribution is 2.31. The molecule has 0 radical (unpaired) electrons. The first-order chi connectivity index (χ1) is 10.1. The smallest absolute Gasteiger partial charge is 0.315 e. The molecule has 118 valence electrons. The van der Waals surface area contributed by atoms with E-state index in [1.165, 1.54) is 0 Å². The number of aliphatic hydroxyl groups is 2. The molecule has 0 aliphatic rings. The molecule has 1 aromatic carbocycles. The fraction of sp³-hybridized carbons (Fsp3) is 0.533. The lowest BCUT2D eigenvalue weighted by Crippen LogP contribution is -2.15. The average Bonchev–Trinajstić information content (AvgIpc) is 2.52. The van der Waals surface area contributed by atoms with Crippen molar-refractivity contribution in [1.82, 2.24) is 0 Å². The van der Waals surface area contributed by atoms with Gasteiger partial charge in [-0.3, -0.25) is 4.79 Å². The summed E-state index contributed by atoms with van der Waals surface area (Å²) >= 11 is 3.82. The fourth-order valence-electron chi connectivity index (χ4n) is 1.88. The Bertz CT molecular complexity index is 438. The second-order valence-electron chi connectivity index (χ2n) is 4.70. The number of ether oxygens (including phenoxy) is 2. The molecule has 0 saturated carbocycles. The van der Waals surface area contributed by atoms with Gasteiger partial charge in [0, 0.05) is 5.56 Å². The predicted octanol–water partition coefficient (Wildman–Crippen LogP) is 1.59. The second kappa shape index (κ2) is 9.65. The number of carbonyl (C=O) groups is 1. The van der Waals surface area contributed by atoms with Crippen LogP contribution in [0, 0.1) is 5.92 Å². The quantitative estimate of drug-likeness (QED) is 0.477. The van der Waals surface area contributed by atoms with Gasteiger partial charge in [0.15, 0.2) is 0 Å². The van der Waals surface area contributed by atoms with Crippen molar-refractivity contribution in [3.05, 3.63) is 29.8 Å². The molecule has 0 aliphatic carbocycles. The number of hydrogen-bond donors (Lipinski definition) is 3. The van der Waals surface area contributed by atoms with Gasteiger partial charge in [0.2, 0.25) is 0 Å². The first kappa shape index (κ1) is 17.8. The zero-order valence-electron chi connectivity index (χ0n) is 12.1. The summed E-state index contributed by atoms with van der Waals surface area (Å²) in [6, 6.07) is 7.16. The average molecular weight is 314 g/mol. The van der Waals surface area contributed by atoms with Gasteiger partial charge >= 0.3 is 5.97 Å². The second-order valence-corrected chi connectivity index (χ2v) is 5.02. The molecule has 0 unspecified atom stereocenters. The molecular weight excluding hydrogens is 292 g/mol. The molecule has 0 saturated heterocycles. The minimum Gasteiger partial charge on any atom is -0.491 e. The van der Waals surface area contributed by atoms with Crippen molar-refractivity contribution in [2.75, 3.05) is 25.6 Å². The largest absolute Gasteiger partial charge is 0.491 e. The zero-order chi connectivity index (χ0) is 15.7. The van der Waals surface area contributed by atoms with Crippen molar-refractivity contribution in [2.24, 2.45) is 5.92 Å². The van der Waals surface area contributed by atoms with E-state index in [1.807, 2.05) is 19.1 Å². The van der Waals surface area contributed by atoms with Gasteiger partial charge in [-0.25, -0.2) is 0 Å². The minimum atomic E-state index is -0.727. The van der Waals surface area contributed by atoms with Crippen LogP contribution in [0.2, 0.25) is 0 Å². The van der Waals surface area contributed by atoms with Crippen LogP contribution in [-0.4, -0.2) is 41.8 Å². The van der Waals surface area contributed by atoms with Crippen molar-refractivity contribution in [1.29, 1.82) is 0 Å². The van der Waals surface area contributed by atoms with Crippen molar-refractivity contribution in [3.63, 3.8) is 0 Å². The van der Waals surface area contributed by atoms with Gasteiger partial charge in [0.05, 0.1) is 25.1 Å². The van der Waals surface area contributed by atoms with Crippen LogP contribution in [0.4, 0.5) is 0 Å². The first-order valence-electron chi connectivity index (χ1n) is 6.87. The molecule has 1 rings (SSSR count). The SMILES string of the molecule is C[C@H](CCOC(=O)CS)[C@@H](O)c1ccccc1OCCO. The predicted molar refractivity (Wildman–Crippen MR) is 82.6 cm³/mol. The van der Waals surface area contributed by atoms with E-state index in [2.05, 4.69) is 12.6 Å². The molecule has 1 aromatic rings. The van der Waals surface area contributed by atoms with E-state index in [-0.39, 0.29) is 37.5 Å². The highest BCUT2D eigenvalue weighted by molar-refractivity contribution is 7.81. The van der Waals surface area contributed by atoms with Crippen LogP contribution in [0.1, 0.15) is 25.0 Å². The van der Waals surface area contributed by atoms with Gasteiger partial charge in [-0.15, -0.1) is 0 Å². The molecule has 0 fully saturated rings. The Morgan fingerprint density at radius 2 is 2.05 bits per heavy atom. The van der Waals surface area contributed by atoms with Crippen molar-refractivity contribution >= 4 is 18.6 Å². The van der Waals surface area contributed by atoms with Crippen molar-refractivity contribution in [2.45, 2.75) is 19.4 Å².